The first-order chi connectivity index (χ1) is 7.99. The maximum absolute atomic E-state index is 11.4. The number of amides is 1. The van der Waals surface area contributed by atoms with Gasteiger partial charge in [-0.05, 0) is 12.1 Å². The molecule has 0 fully saturated rings. The third kappa shape index (κ3) is 4.37. The number of carboxylic acids is 2. The van der Waals surface area contributed by atoms with Crippen molar-refractivity contribution in [2.45, 2.75) is 12.8 Å². The fraction of sp³-hybridized carbons (Fsp3) is 0.300. The van der Waals surface area contributed by atoms with Gasteiger partial charge in [0.25, 0.3) is 5.91 Å². The minimum absolute atomic E-state index is 0.0108. The van der Waals surface area contributed by atoms with Crippen molar-refractivity contribution in [3.05, 3.63) is 23.7 Å². The Balaban J connectivity index is 2.49. The number of aliphatic carboxylic acids is 2. The molecule has 0 radical (unpaired) electrons. The van der Waals surface area contributed by atoms with E-state index >= 15 is 0 Å². The van der Waals surface area contributed by atoms with Crippen molar-refractivity contribution in [1.82, 2.24) is 5.32 Å². The third-order valence-electron chi connectivity index (χ3n) is 1.84. The lowest BCUT2D eigenvalue weighted by atomic mass is 10.3. The van der Waals surface area contributed by atoms with Crippen LogP contribution in [-0.2, 0) is 16.0 Å². The molecule has 0 atom stereocenters. The first-order valence-corrected chi connectivity index (χ1v) is 4.79. The first-order valence-electron chi connectivity index (χ1n) is 4.79. The normalized spacial score (nSPS) is 9.88. The summed E-state index contributed by atoms with van der Waals surface area (Å²) in [5, 5.41) is 19.2. The number of carbonyl (C=O) groups is 3. The summed E-state index contributed by atoms with van der Waals surface area (Å²) in [4.78, 5) is 32.0. The third-order valence-corrected chi connectivity index (χ3v) is 1.84. The van der Waals surface area contributed by atoms with E-state index in [2.05, 4.69) is 5.32 Å². The Morgan fingerprint density at radius 2 is 1.88 bits per heavy atom. The molecule has 92 valence electrons. The van der Waals surface area contributed by atoms with Crippen LogP contribution in [0, 0.1) is 0 Å². The molecule has 7 nitrogen and oxygen atoms in total. The number of nitrogens with one attached hydrogen (secondary N) is 1. The van der Waals surface area contributed by atoms with Gasteiger partial charge in [-0.15, -0.1) is 0 Å². The molecule has 0 saturated carbocycles. The highest BCUT2D eigenvalue weighted by molar-refractivity contribution is 5.91. The molecular weight excluding hydrogens is 230 g/mol. The summed E-state index contributed by atoms with van der Waals surface area (Å²) in [5.41, 5.74) is 0. The Morgan fingerprint density at radius 3 is 2.47 bits per heavy atom. The second-order valence-electron chi connectivity index (χ2n) is 3.24. The molecular formula is C10H11NO6. The summed E-state index contributed by atoms with van der Waals surface area (Å²) in [5.74, 6) is -2.51. The number of furan rings is 1. The van der Waals surface area contributed by atoms with Crippen LogP contribution in [0.15, 0.2) is 16.5 Å². The molecule has 3 N–H and O–H groups in total. The minimum Gasteiger partial charge on any atom is -0.481 e. The molecule has 1 heterocycles. The molecule has 0 unspecified atom stereocenters. The fourth-order valence-electron chi connectivity index (χ4n) is 1.11. The van der Waals surface area contributed by atoms with Gasteiger partial charge in [-0.25, -0.2) is 0 Å². The molecule has 1 amide bonds. The summed E-state index contributed by atoms with van der Waals surface area (Å²) in [6.07, 6.45) is -0.489. The number of hydrogen-bond donors (Lipinski definition) is 3. The molecule has 0 spiro atoms. The van der Waals surface area contributed by atoms with Gasteiger partial charge in [0.2, 0.25) is 0 Å². The molecule has 1 aromatic heterocycles. The topological polar surface area (TPSA) is 117 Å². The Hall–Kier alpha value is -2.31. The van der Waals surface area contributed by atoms with Crippen molar-refractivity contribution in [2.75, 3.05) is 6.54 Å². The number of carbonyl (C=O) groups excluding carboxylic acids is 1. The molecule has 0 aliphatic rings. The summed E-state index contributed by atoms with van der Waals surface area (Å²) in [6, 6.07) is 2.73. The summed E-state index contributed by atoms with van der Waals surface area (Å²) >= 11 is 0. The van der Waals surface area contributed by atoms with Crippen molar-refractivity contribution in [1.29, 1.82) is 0 Å². The number of hydrogen-bond acceptors (Lipinski definition) is 4. The zero-order chi connectivity index (χ0) is 12.8. The Morgan fingerprint density at radius 1 is 1.18 bits per heavy atom. The monoisotopic (exact) mass is 241 g/mol. The highest BCUT2D eigenvalue weighted by Gasteiger charge is 2.12. The second-order valence-corrected chi connectivity index (χ2v) is 3.24. The molecule has 0 aliphatic carbocycles. The van der Waals surface area contributed by atoms with E-state index in [9.17, 15) is 14.4 Å². The van der Waals surface area contributed by atoms with Crippen LogP contribution in [0.3, 0.4) is 0 Å². The average Bonchev–Trinajstić information content (AvgIpc) is 2.64. The van der Waals surface area contributed by atoms with Crippen LogP contribution in [0.2, 0.25) is 0 Å². The predicted octanol–water partition coefficient (Wildman–Crippen LogP) is 0.111. The number of carboxylic acid groups (broad SMARTS) is 2. The van der Waals surface area contributed by atoms with Crippen LogP contribution in [0.1, 0.15) is 22.7 Å². The lowest BCUT2D eigenvalue weighted by Gasteiger charge is -1.99. The van der Waals surface area contributed by atoms with Crippen molar-refractivity contribution >= 4 is 17.8 Å². The maximum Gasteiger partial charge on any atom is 0.311 e. The van der Waals surface area contributed by atoms with Gasteiger partial charge in [0.05, 0.1) is 6.42 Å². The molecule has 17 heavy (non-hydrogen) atoms. The second kappa shape index (κ2) is 5.69. The van der Waals surface area contributed by atoms with Gasteiger partial charge in [-0.2, -0.15) is 0 Å². The van der Waals surface area contributed by atoms with Crippen molar-refractivity contribution in [2.24, 2.45) is 0 Å². The Labute approximate surface area is 96.0 Å². The largest absolute Gasteiger partial charge is 0.481 e. The van der Waals surface area contributed by atoms with Crippen molar-refractivity contribution < 1.29 is 29.0 Å². The molecule has 1 rings (SSSR count). The van der Waals surface area contributed by atoms with E-state index in [0.717, 1.165) is 0 Å². The summed E-state index contributed by atoms with van der Waals surface area (Å²) < 4.78 is 4.97. The molecule has 0 bridgehead atoms. The molecule has 0 aliphatic heterocycles. The molecule has 7 heteroatoms. The van der Waals surface area contributed by atoms with E-state index in [-0.39, 0.29) is 30.9 Å². The average molecular weight is 241 g/mol. The standard InChI is InChI=1S/C10H11NO6/c12-8(13)3-4-11-10(16)7-2-1-6(17-7)5-9(14)15/h1-2H,3-5H2,(H,11,16)(H,12,13)(H,14,15). The van der Waals surface area contributed by atoms with Crippen LogP contribution in [0.25, 0.3) is 0 Å². The Bertz CT molecular complexity index is 436. The quantitative estimate of drug-likeness (QED) is 0.650. The highest BCUT2D eigenvalue weighted by Crippen LogP contribution is 2.08. The van der Waals surface area contributed by atoms with Crippen LogP contribution in [0.4, 0.5) is 0 Å². The van der Waals surface area contributed by atoms with Gasteiger partial charge in [0, 0.05) is 6.54 Å². The van der Waals surface area contributed by atoms with Crippen LogP contribution < -0.4 is 5.32 Å². The first kappa shape index (κ1) is 12.8. The van der Waals surface area contributed by atoms with Crippen LogP contribution in [0.5, 0.6) is 0 Å². The van der Waals surface area contributed by atoms with E-state index in [4.69, 9.17) is 14.6 Å². The fourth-order valence-corrected chi connectivity index (χ4v) is 1.11. The van der Waals surface area contributed by atoms with Crippen LogP contribution >= 0.6 is 0 Å². The van der Waals surface area contributed by atoms with Crippen LogP contribution in [-0.4, -0.2) is 34.6 Å². The van der Waals surface area contributed by atoms with Gasteiger partial charge in [-0.3, -0.25) is 14.4 Å². The molecule has 1 aromatic rings. The van der Waals surface area contributed by atoms with E-state index in [1.54, 1.807) is 0 Å². The smallest absolute Gasteiger partial charge is 0.311 e. The van der Waals surface area contributed by atoms with E-state index in [1.807, 2.05) is 0 Å². The number of rotatable bonds is 6. The van der Waals surface area contributed by atoms with Crippen molar-refractivity contribution in [3.63, 3.8) is 0 Å². The maximum atomic E-state index is 11.4. The van der Waals surface area contributed by atoms with E-state index < -0.39 is 17.8 Å². The van der Waals surface area contributed by atoms with Gasteiger partial charge in [0.1, 0.15) is 12.2 Å². The van der Waals surface area contributed by atoms with Crippen molar-refractivity contribution in [3.8, 4) is 0 Å². The molecule has 0 saturated heterocycles. The van der Waals surface area contributed by atoms with E-state index in [0.29, 0.717) is 0 Å². The lowest BCUT2D eigenvalue weighted by molar-refractivity contribution is -0.137. The van der Waals surface area contributed by atoms with Gasteiger partial charge in [0.15, 0.2) is 5.76 Å². The highest BCUT2D eigenvalue weighted by atomic mass is 16.4. The van der Waals surface area contributed by atoms with Gasteiger partial charge >= 0.3 is 11.9 Å². The summed E-state index contributed by atoms with van der Waals surface area (Å²) in [7, 11) is 0. The van der Waals surface area contributed by atoms with Gasteiger partial charge < -0.3 is 19.9 Å². The SMILES string of the molecule is O=C(O)CCNC(=O)c1ccc(CC(=O)O)o1. The van der Waals surface area contributed by atoms with Gasteiger partial charge in [-0.1, -0.05) is 0 Å². The molecule has 0 aromatic carbocycles. The van der Waals surface area contributed by atoms with E-state index in [1.165, 1.54) is 12.1 Å². The predicted molar refractivity (Wildman–Crippen MR) is 54.6 cm³/mol. The zero-order valence-corrected chi connectivity index (χ0v) is 8.80. The zero-order valence-electron chi connectivity index (χ0n) is 8.80. The minimum atomic E-state index is -1.06. The summed E-state index contributed by atoms with van der Waals surface area (Å²) in [6.45, 7) is -0.0108. The Kier molecular flexibility index (Phi) is 4.27. The lowest BCUT2D eigenvalue weighted by Crippen LogP contribution is -2.25.